The highest BCUT2D eigenvalue weighted by molar-refractivity contribution is 7.13. The second-order valence-electron chi connectivity index (χ2n) is 4.90. The van der Waals surface area contributed by atoms with Crippen molar-refractivity contribution in [1.82, 2.24) is 20.8 Å². The summed E-state index contributed by atoms with van der Waals surface area (Å²) in [6, 6.07) is 11.2. The van der Waals surface area contributed by atoms with E-state index in [1.54, 1.807) is 23.7 Å². The predicted octanol–water partition coefficient (Wildman–Crippen LogP) is 2.52. The summed E-state index contributed by atoms with van der Waals surface area (Å²) in [5.74, 6) is -0.878. The van der Waals surface area contributed by atoms with E-state index in [1.807, 2.05) is 31.2 Å². The summed E-state index contributed by atoms with van der Waals surface area (Å²) in [5.41, 5.74) is 7.42. The number of nitrogens with one attached hydrogen (secondary N) is 3. The Hall–Kier alpha value is -2.93. The Morgan fingerprint density at radius 1 is 1.09 bits per heavy atom. The van der Waals surface area contributed by atoms with Crippen molar-refractivity contribution in [3.8, 4) is 10.6 Å². The van der Waals surface area contributed by atoms with Crippen molar-refractivity contribution in [1.29, 1.82) is 0 Å². The average Bonchev–Trinajstić information content (AvgIpc) is 3.24. The number of hydrogen-bond acceptors (Lipinski definition) is 4. The molecule has 0 spiro atoms. The van der Waals surface area contributed by atoms with Crippen molar-refractivity contribution >= 4 is 23.2 Å². The number of hydrogen-bond donors (Lipinski definition) is 3. The highest BCUT2D eigenvalue weighted by Gasteiger charge is 2.13. The lowest BCUT2D eigenvalue weighted by Crippen LogP contribution is -2.41. The molecule has 6 nitrogen and oxygen atoms in total. The van der Waals surface area contributed by atoms with Crippen LogP contribution in [0.3, 0.4) is 0 Å². The van der Waals surface area contributed by atoms with E-state index >= 15 is 0 Å². The number of benzene rings is 1. The molecule has 116 valence electrons. The topological polar surface area (TPSA) is 86.9 Å². The monoisotopic (exact) mass is 326 g/mol. The van der Waals surface area contributed by atoms with Gasteiger partial charge in [0.1, 0.15) is 16.4 Å². The van der Waals surface area contributed by atoms with Crippen LogP contribution < -0.4 is 10.9 Å². The van der Waals surface area contributed by atoms with Crippen molar-refractivity contribution in [2.24, 2.45) is 0 Å². The van der Waals surface area contributed by atoms with Gasteiger partial charge in [0.15, 0.2) is 0 Å². The Labute approximate surface area is 136 Å². The fourth-order valence-corrected chi connectivity index (χ4v) is 2.73. The predicted molar refractivity (Wildman–Crippen MR) is 88.0 cm³/mol. The zero-order chi connectivity index (χ0) is 16.2. The number of rotatable bonds is 3. The minimum absolute atomic E-state index is 0.261. The van der Waals surface area contributed by atoms with Gasteiger partial charge in [-0.2, -0.15) is 0 Å². The largest absolute Gasteiger partial charge is 0.357 e. The lowest BCUT2D eigenvalue weighted by molar-refractivity contribution is 0.0842. The van der Waals surface area contributed by atoms with Crippen LogP contribution in [-0.4, -0.2) is 21.8 Å². The average molecular weight is 326 g/mol. The van der Waals surface area contributed by atoms with Crippen molar-refractivity contribution < 1.29 is 9.59 Å². The second-order valence-corrected chi connectivity index (χ2v) is 5.75. The number of carbonyl (C=O) groups excluding carboxylic acids is 2. The first-order valence-electron chi connectivity index (χ1n) is 6.90. The molecule has 2 aromatic heterocycles. The zero-order valence-electron chi connectivity index (χ0n) is 12.3. The van der Waals surface area contributed by atoms with Crippen LogP contribution in [0.25, 0.3) is 10.6 Å². The van der Waals surface area contributed by atoms with Crippen LogP contribution in [0.15, 0.2) is 48.0 Å². The molecule has 0 fully saturated rings. The van der Waals surface area contributed by atoms with Crippen LogP contribution in [0.1, 0.15) is 26.5 Å². The molecule has 0 unspecified atom stereocenters. The van der Waals surface area contributed by atoms with Gasteiger partial charge in [-0.15, -0.1) is 11.3 Å². The third kappa shape index (κ3) is 3.46. The molecule has 0 aliphatic heterocycles. The molecule has 0 bridgehead atoms. The quantitative estimate of drug-likeness (QED) is 0.646. The molecular weight excluding hydrogens is 312 g/mol. The third-order valence-electron chi connectivity index (χ3n) is 3.17. The van der Waals surface area contributed by atoms with E-state index < -0.39 is 11.8 Å². The van der Waals surface area contributed by atoms with E-state index in [0.29, 0.717) is 5.69 Å². The minimum atomic E-state index is -0.459. The highest BCUT2D eigenvalue weighted by Crippen LogP contribution is 2.23. The zero-order valence-corrected chi connectivity index (χ0v) is 13.1. The molecular formula is C16H14N4O2S. The van der Waals surface area contributed by atoms with Crippen LogP contribution in [0, 0.1) is 6.92 Å². The Balaban J connectivity index is 1.64. The molecule has 0 aliphatic carbocycles. The molecule has 2 amide bonds. The van der Waals surface area contributed by atoms with E-state index in [-0.39, 0.29) is 5.69 Å². The van der Waals surface area contributed by atoms with E-state index in [2.05, 4.69) is 20.8 Å². The van der Waals surface area contributed by atoms with Gasteiger partial charge in [-0.05, 0) is 19.1 Å². The summed E-state index contributed by atoms with van der Waals surface area (Å²) in [4.78, 5) is 30.8. The SMILES string of the molecule is Cc1ccc(-c2nc(C(=O)NNC(=O)c3ccc[nH]3)cs2)cc1. The Morgan fingerprint density at radius 2 is 1.83 bits per heavy atom. The van der Waals surface area contributed by atoms with Gasteiger partial charge in [0.05, 0.1) is 0 Å². The van der Waals surface area contributed by atoms with E-state index in [1.165, 1.54) is 11.3 Å². The molecule has 1 aromatic carbocycles. The Kier molecular flexibility index (Phi) is 4.20. The number of aryl methyl sites for hydroxylation is 1. The van der Waals surface area contributed by atoms with E-state index in [9.17, 15) is 9.59 Å². The van der Waals surface area contributed by atoms with Gasteiger partial charge in [0.2, 0.25) is 0 Å². The van der Waals surface area contributed by atoms with Crippen LogP contribution in [-0.2, 0) is 0 Å². The van der Waals surface area contributed by atoms with Gasteiger partial charge in [0.25, 0.3) is 11.8 Å². The summed E-state index contributed by atoms with van der Waals surface area (Å²) >= 11 is 1.38. The van der Waals surface area contributed by atoms with E-state index in [4.69, 9.17) is 0 Å². The maximum atomic E-state index is 12.0. The van der Waals surface area contributed by atoms with Crippen molar-refractivity contribution in [3.63, 3.8) is 0 Å². The molecule has 3 rings (SSSR count). The Morgan fingerprint density at radius 3 is 2.52 bits per heavy atom. The van der Waals surface area contributed by atoms with Gasteiger partial charge >= 0.3 is 0 Å². The van der Waals surface area contributed by atoms with Crippen molar-refractivity contribution in [2.75, 3.05) is 0 Å². The third-order valence-corrected chi connectivity index (χ3v) is 4.06. The fraction of sp³-hybridized carbons (Fsp3) is 0.0625. The molecule has 0 saturated heterocycles. The summed E-state index contributed by atoms with van der Waals surface area (Å²) < 4.78 is 0. The first-order valence-corrected chi connectivity index (χ1v) is 7.78. The van der Waals surface area contributed by atoms with Crippen molar-refractivity contribution in [3.05, 3.63) is 64.9 Å². The molecule has 0 atom stereocenters. The molecule has 3 aromatic rings. The van der Waals surface area contributed by atoms with Crippen LogP contribution in [0.2, 0.25) is 0 Å². The van der Waals surface area contributed by atoms with E-state index in [0.717, 1.165) is 16.1 Å². The lowest BCUT2D eigenvalue weighted by Gasteiger charge is -2.04. The lowest BCUT2D eigenvalue weighted by atomic mass is 10.2. The number of carbonyl (C=O) groups is 2. The van der Waals surface area contributed by atoms with Gasteiger partial charge in [-0.25, -0.2) is 4.98 Å². The van der Waals surface area contributed by atoms with Crippen LogP contribution in [0.5, 0.6) is 0 Å². The van der Waals surface area contributed by atoms with Crippen LogP contribution in [0.4, 0.5) is 0 Å². The first-order chi connectivity index (χ1) is 11.1. The second kappa shape index (κ2) is 6.45. The van der Waals surface area contributed by atoms with Crippen molar-refractivity contribution in [2.45, 2.75) is 6.92 Å². The molecule has 7 heteroatoms. The summed E-state index contributed by atoms with van der Waals surface area (Å²) in [6.07, 6.45) is 1.63. The number of nitrogens with zero attached hydrogens (tertiary/aromatic N) is 1. The molecule has 0 radical (unpaired) electrons. The highest BCUT2D eigenvalue weighted by atomic mass is 32.1. The number of aromatic amines is 1. The maximum Gasteiger partial charge on any atom is 0.289 e. The van der Waals surface area contributed by atoms with Crippen LogP contribution >= 0.6 is 11.3 Å². The molecule has 2 heterocycles. The summed E-state index contributed by atoms with van der Waals surface area (Å²) in [5, 5.41) is 2.41. The standard InChI is InChI=1S/C16H14N4O2S/c1-10-4-6-11(7-5-10)16-18-13(9-23-16)15(22)20-19-14(21)12-3-2-8-17-12/h2-9,17H,1H3,(H,19,21)(H,20,22). The Bertz CT molecular complexity index is 822. The van der Waals surface area contributed by atoms with Gasteiger partial charge in [0, 0.05) is 17.1 Å². The number of hydrazine groups is 1. The normalized spacial score (nSPS) is 10.3. The molecule has 0 saturated carbocycles. The molecule has 23 heavy (non-hydrogen) atoms. The number of aromatic nitrogens is 2. The smallest absolute Gasteiger partial charge is 0.289 e. The number of thiazole rings is 1. The fourth-order valence-electron chi connectivity index (χ4n) is 1.92. The maximum absolute atomic E-state index is 12.0. The number of amides is 2. The molecule has 0 aliphatic rings. The molecule has 3 N–H and O–H groups in total. The summed E-state index contributed by atoms with van der Waals surface area (Å²) in [7, 11) is 0. The summed E-state index contributed by atoms with van der Waals surface area (Å²) in [6.45, 7) is 2.01. The van der Waals surface area contributed by atoms with Gasteiger partial charge < -0.3 is 4.98 Å². The number of H-pyrrole nitrogens is 1. The van der Waals surface area contributed by atoms with Gasteiger partial charge in [-0.1, -0.05) is 29.8 Å². The van der Waals surface area contributed by atoms with Gasteiger partial charge in [-0.3, -0.25) is 20.4 Å². The first kappa shape index (κ1) is 15.0. The minimum Gasteiger partial charge on any atom is -0.357 e.